The van der Waals surface area contributed by atoms with Gasteiger partial charge in [-0.25, -0.2) is 0 Å². The molecule has 0 saturated carbocycles. The minimum absolute atomic E-state index is 0.372. The minimum Gasteiger partial charge on any atom is -0.497 e. The van der Waals surface area contributed by atoms with Crippen LogP contribution in [0, 0.1) is 0 Å². The molecule has 0 spiro atoms. The van der Waals surface area contributed by atoms with Gasteiger partial charge in [0.05, 0.1) is 14.2 Å². The Labute approximate surface area is 125 Å². The van der Waals surface area contributed by atoms with E-state index in [1.165, 1.54) is 0 Å². The van der Waals surface area contributed by atoms with Crippen molar-refractivity contribution in [1.82, 2.24) is 10.2 Å². The van der Waals surface area contributed by atoms with Gasteiger partial charge in [-0.2, -0.15) is 0 Å². The zero-order valence-electron chi connectivity index (χ0n) is 12.6. The van der Waals surface area contributed by atoms with Crippen molar-refractivity contribution in [1.29, 1.82) is 0 Å². The molecule has 6 nitrogen and oxygen atoms in total. The molecule has 1 aromatic rings. The molecule has 0 radical (unpaired) electrons. The first kappa shape index (κ1) is 15.6. The molecular formula is C15H23N3O3. The van der Waals surface area contributed by atoms with E-state index < -0.39 is 6.04 Å². The monoisotopic (exact) mass is 293 g/mol. The van der Waals surface area contributed by atoms with E-state index in [2.05, 4.69) is 10.2 Å². The van der Waals surface area contributed by atoms with Gasteiger partial charge in [-0.1, -0.05) is 0 Å². The number of methoxy groups -OCH3 is 2. The fraction of sp³-hybridized carbons (Fsp3) is 0.533. The van der Waals surface area contributed by atoms with E-state index in [4.69, 9.17) is 15.2 Å². The average molecular weight is 293 g/mol. The van der Waals surface area contributed by atoms with Crippen LogP contribution in [0.5, 0.6) is 11.5 Å². The molecule has 1 unspecified atom stereocenters. The summed E-state index contributed by atoms with van der Waals surface area (Å²) in [7, 11) is 3.19. The molecule has 3 N–H and O–H groups in total. The van der Waals surface area contributed by atoms with Gasteiger partial charge in [-0.3, -0.25) is 9.69 Å². The molecule has 1 aliphatic rings. The summed E-state index contributed by atoms with van der Waals surface area (Å²) in [6.45, 7) is 3.39. The molecule has 0 aromatic heterocycles. The van der Waals surface area contributed by atoms with Gasteiger partial charge in [0.25, 0.3) is 0 Å². The van der Waals surface area contributed by atoms with Crippen LogP contribution in [0.1, 0.15) is 18.0 Å². The summed E-state index contributed by atoms with van der Waals surface area (Å²) >= 11 is 0. The van der Waals surface area contributed by atoms with Crippen molar-refractivity contribution in [2.45, 2.75) is 12.5 Å². The van der Waals surface area contributed by atoms with Gasteiger partial charge < -0.3 is 20.5 Å². The average Bonchev–Trinajstić information content (AvgIpc) is 2.76. The fourth-order valence-corrected chi connectivity index (χ4v) is 2.71. The zero-order valence-corrected chi connectivity index (χ0v) is 12.6. The van der Waals surface area contributed by atoms with E-state index in [-0.39, 0.29) is 5.91 Å². The number of hydrogen-bond acceptors (Lipinski definition) is 5. The largest absolute Gasteiger partial charge is 0.497 e. The second-order valence-corrected chi connectivity index (χ2v) is 5.05. The van der Waals surface area contributed by atoms with Crippen LogP contribution in [-0.4, -0.2) is 51.2 Å². The predicted octanol–water partition coefficient (Wildman–Crippen LogP) is 0.526. The van der Waals surface area contributed by atoms with Crippen molar-refractivity contribution in [3.05, 3.63) is 23.8 Å². The lowest BCUT2D eigenvalue weighted by Crippen LogP contribution is -2.40. The van der Waals surface area contributed by atoms with Crippen molar-refractivity contribution in [3.63, 3.8) is 0 Å². The van der Waals surface area contributed by atoms with Crippen LogP contribution in [0.15, 0.2) is 18.2 Å². The summed E-state index contributed by atoms with van der Waals surface area (Å²) in [5.74, 6) is 0.963. The Balaban J connectivity index is 2.38. The maximum atomic E-state index is 12.0. The second kappa shape index (κ2) is 7.28. The van der Waals surface area contributed by atoms with Crippen LogP contribution >= 0.6 is 0 Å². The first-order valence-electron chi connectivity index (χ1n) is 7.13. The summed E-state index contributed by atoms with van der Waals surface area (Å²) < 4.78 is 10.7. The normalized spacial score (nSPS) is 17.8. The highest BCUT2D eigenvalue weighted by Crippen LogP contribution is 2.32. The van der Waals surface area contributed by atoms with Gasteiger partial charge in [0.1, 0.15) is 17.5 Å². The number of hydrogen-bond donors (Lipinski definition) is 2. The van der Waals surface area contributed by atoms with E-state index in [0.717, 1.165) is 38.2 Å². The van der Waals surface area contributed by atoms with Gasteiger partial charge in [0, 0.05) is 25.2 Å². The number of primary amides is 1. The molecule has 1 heterocycles. The first-order valence-corrected chi connectivity index (χ1v) is 7.13. The van der Waals surface area contributed by atoms with Crippen molar-refractivity contribution in [2.75, 3.05) is 40.4 Å². The number of rotatable bonds is 5. The number of ether oxygens (including phenoxy) is 2. The van der Waals surface area contributed by atoms with Crippen LogP contribution in [0.3, 0.4) is 0 Å². The fourth-order valence-electron chi connectivity index (χ4n) is 2.71. The van der Waals surface area contributed by atoms with Crippen LogP contribution in [0.2, 0.25) is 0 Å². The van der Waals surface area contributed by atoms with Gasteiger partial charge >= 0.3 is 0 Å². The third-order valence-electron chi connectivity index (χ3n) is 3.74. The Kier molecular flexibility index (Phi) is 5.41. The second-order valence-electron chi connectivity index (χ2n) is 5.05. The first-order chi connectivity index (χ1) is 10.2. The highest BCUT2D eigenvalue weighted by atomic mass is 16.5. The standard InChI is InChI=1S/C15H23N3O3/c1-20-11-4-5-13(21-2)12(10-11)14(15(16)19)18-8-3-6-17-7-9-18/h4-5,10,14,17H,3,6-9H2,1-2H3,(H2,16,19). The molecule has 1 saturated heterocycles. The van der Waals surface area contributed by atoms with E-state index in [1.807, 2.05) is 12.1 Å². The topological polar surface area (TPSA) is 76.8 Å². The smallest absolute Gasteiger partial charge is 0.239 e. The summed E-state index contributed by atoms with van der Waals surface area (Å²) in [5, 5.41) is 3.32. The maximum absolute atomic E-state index is 12.0. The molecule has 0 aliphatic carbocycles. The number of amides is 1. The lowest BCUT2D eigenvalue weighted by atomic mass is 10.0. The lowest BCUT2D eigenvalue weighted by molar-refractivity contribution is -0.123. The van der Waals surface area contributed by atoms with E-state index in [0.29, 0.717) is 11.5 Å². The molecular weight excluding hydrogens is 270 g/mol. The van der Waals surface area contributed by atoms with Gasteiger partial charge in [0.2, 0.25) is 5.91 Å². The number of nitrogens with zero attached hydrogens (tertiary/aromatic N) is 1. The van der Waals surface area contributed by atoms with Crippen LogP contribution in [0.25, 0.3) is 0 Å². The summed E-state index contributed by atoms with van der Waals surface area (Å²) in [5.41, 5.74) is 6.42. The maximum Gasteiger partial charge on any atom is 0.239 e. The van der Waals surface area contributed by atoms with E-state index in [9.17, 15) is 4.79 Å². The van der Waals surface area contributed by atoms with Crippen molar-refractivity contribution >= 4 is 5.91 Å². The molecule has 1 aromatic carbocycles. The Morgan fingerprint density at radius 3 is 2.76 bits per heavy atom. The number of benzene rings is 1. The molecule has 0 bridgehead atoms. The number of carbonyl (C=O) groups is 1. The number of carbonyl (C=O) groups excluding carboxylic acids is 1. The molecule has 116 valence electrons. The Morgan fingerprint density at radius 2 is 2.10 bits per heavy atom. The van der Waals surface area contributed by atoms with Gasteiger partial charge in [-0.05, 0) is 31.2 Å². The predicted molar refractivity (Wildman–Crippen MR) is 80.5 cm³/mol. The quantitative estimate of drug-likeness (QED) is 0.828. The number of nitrogens with two attached hydrogens (primary N) is 1. The van der Waals surface area contributed by atoms with Crippen LogP contribution < -0.4 is 20.5 Å². The number of nitrogens with one attached hydrogen (secondary N) is 1. The molecule has 1 atom stereocenters. The third-order valence-corrected chi connectivity index (χ3v) is 3.74. The molecule has 2 rings (SSSR count). The Morgan fingerprint density at radius 1 is 1.29 bits per heavy atom. The molecule has 1 aliphatic heterocycles. The molecule has 21 heavy (non-hydrogen) atoms. The SMILES string of the molecule is COc1ccc(OC)c(C(C(N)=O)N2CCCNCC2)c1. The van der Waals surface area contributed by atoms with Crippen molar-refractivity contribution in [3.8, 4) is 11.5 Å². The van der Waals surface area contributed by atoms with Crippen molar-refractivity contribution < 1.29 is 14.3 Å². The minimum atomic E-state index is -0.505. The summed E-state index contributed by atoms with van der Waals surface area (Å²) in [6.07, 6.45) is 0.982. The van der Waals surface area contributed by atoms with Crippen LogP contribution in [0.4, 0.5) is 0 Å². The van der Waals surface area contributed by atoms with Gasteiger partial charge in [-0.15, -0.1) is 0 Å². The molecule has 1 amide bonds. The highest BCUT2D eigenvalue weighted by molar-refractivity contribution is 5.82. The summed E-state index contributed by atoms with van der Waals surface area (Å²) in [6, 6.07) is 4.94. The Bertz CT molecular complexity index is 485. The highest BCUT2D eigenvalue weighted by Gasteiger charge is 2.29. The molecule has 6 heteroatoms. The summed E-state index contributed by atoms with van der Waals surface area (Å²) in [4.78, 5) is 14.1. The van der Waals surface area contributed by atoms with Crippen molar-refractivity contribution in [2.24, 2.45) is 5.73 Å². The zero-order chi connectivity index (χ0) is 15.2. The van der Waals surface area contributed by atoms with E-state index in [1.54, 1.807) is 20.3 Å². The third kappa shape index (κ3) is 3.65. The lowest BCUT2D eigenvalue weighted by Gasteiger charge is -2.29. The van der Waals surface area contributed by atoms with Crippen LogP contribution in [-0.2, 0) is 4.79 Å². The van der Waals surface area contributed by atoms with E-state index >= 15 is 0 Å². The Hall–Kier alpha value is -1.79. The molecule has 1 fully saturated rings. The van der Waals surface area contributed by atoms with Gasteiger partial charge in [0.15, 0.2) is 0 Å².